The first kappa shape index (κ1) is 15.8. The number of aryl methyl sites for hydroxylation is 1. The fourth-order valence-corrected chi connectivity index (χ4v) is 3.39. The second kappa shape index (κ2) is 6.03. The Bertz CT molecular complexity index is 699. The molecule has 1 aromatic rings. The lowest BCUT2D eigenvalue weighted by atomic mass is 10.1. The van der Waals surface area contributed by atoms with Gasteiger partial charge in [0.15, 0.2) is 5.75 Å². The molecule has 0 N–H and O–H groups in total. The summed E-state index contributed by atoms with van der Waals surface area (Å²) in [5, 5.41) is 11.1. The van der Waals surface area contributed by atoms with Gasteiger partial charge in [-0.1, -0.05) is 6.08 Å². The van der Waals surface area contributed by atoms with Crippen molar-refractivity contribution in [2.24, 2.45) is 0 Å². The Morgan fingerprint density at radius 3 is 2.67 bits per heavy atom. The molecule has 1 unspecified atom stereocenters. The molecule has 0 aromatic heterocycles. The van der Waals surface area contributed by atoms with Crippen LogP contribution in [0.15, 0.2) is 29.2 Å². The highest BCUT2D eigenvalue weighted by molar-refractivity contribution is 8.13. The number of nitro benzene ring substituents is 1. The molecule has 1 atom stereocenters. The van der Waals surface area contributed by atoms with Crippen LogP contribution in [0.4, 0.5) is 5.69 Å². The summed E-state index contributed by atoms with van der Waals surface area (Å²) in [5.74, 6) is 0.0538. The Kier molecular flexibility index (Phi) is 4.53. The first-order valence-corrected chi connectivity index (χ1v) is 8.67. The summed E-state index contributed by atoms with van der Waals surface area (Å²) in [5.41, 5.74) is -0.0933. The first-order valence-electron chi connectivity index (χ1n) is 6.36. The van der Waals surface area contributed by atoms with E-state index in [1.807, 2.05) is 12.2 Å². The van der Waals surface area contributed by atoms with Crippen LogP contribution in [-0.2, 0) is 9.05 Å². The summed E-state index contributed by atoms with van der Waals surface area (Å²) < 4.78 is 28.5. The lowest BCUT2D eigenvalue weighted by Gasteiger charge is -2.19. The van der Waals surface area contributed by atoms with Crippen molar-refractivity contribution in [3.63, 3.8) is 0 Å². The molecule has 0 fully saturated rings. The Hall–Kier alpha value is -1.60. The summed E-state index contributed by atoms with van der Waals surface area (Å²) in [7, 11) is 1.24. The van der Waals surface area contributed by atoms with Crippen molar-refractivity contribution in [1.29, 1.82) is 0 Å². The number of allylic oxidation sites excluding steroid dienone is 1. The molecule has 0 aliphatic heterocycles. The van der Waals surface area contributed by atoms with Gasteiger partial charge in [0, 0.05) is 16.7 Å². The molecule has 6 nitrogen and oxygen atoms in total. The molecule has 0 spiro atoms. The van der Waals surface area contributed by atoms with Gasteiger partial charge in [-0.2, -0.15) is 0 Å². The molecule has 1 aromatic carbocycles. The van der Waals surface area contributed by atoms with Gasteiger partial charge in [0.2, 0.25) is 0 Å². The summed E-state index contributed by atoms with van der Waals surface area (Å²) in [6.45, 7) is 1.52. The standard InChI is InChI=1S/C13H14ClNO5S/c1-9-7-12(20-10-5-3-2-4-6-10)11(15(16)17)8-13(9)21(14,18)19/h3,5,7-8,10H,2,4,6H2,1H3. The summed E-state index contributed by atoms with van der Waals surface area (Å²) in [6.07, 6.45) is 6.25. The van der Waals surface area contributed by atoms with Crippen LogP contribution >= 0.6 is 10.7 Å². The highest BCUT2D eigenvalue weighted by atomic mass is 35.7. The van der Waals surface area contributed by atoms with Gasteiger partial charge in [0.05, 0.1) is 9.82 Å². The topological polar surface area (TPSA) is 86.5 Å². The monoisotopic (exact) mass is 331 g/mol. The minimum Gasteiger partial charge on any atom is -0.479 e. The molecule has 8 heteroatoms. The van der Waals surface area contributed by atoms with Gasteiger partial charge >= 0.3 is 5.69 Å². The SMILES string of the molecule is Cc1cc(OC2C=CCCC2)c([N+](=O)[O-])cc1S(=O)(=O)Cl. The highest BCUT2D eigenvalue weighted by Gasteiger charge is 2.25. The zero-order chi connectivity index (χ0) is 15.6. The number of hydrogen-bond donors (Lipinski definition) is 0. The van der Waals surface area contributed by atoms with E-state index in [0.29, 0.717) is 5.56 Å². The summed E-state index contributed by atoms with van der Waals surface area (Å²) in [4.78, 5) is 10.2. The van der Waals surface area contributed by atoms with Crippen LogP contribution < -0.4 is 4.74 Å². The second-order valence-corrected chi connectivity index (χ2v) is 7.33. The predicted molar refractivity (Wildman–Crippen MR) is 78.3 cm³/mol. The zero-order valence-corrected chi connectivity index (χ0v) is 12.9. The van der Waals surface area contributed by atoms with Crippen molar-refractivity contribution in [2.45, 2.75) is 37.2 Å². The molecule has 0 saturated heterocycles. The van der Waals surface area contributed by atoms with Crippen LogP contribution in [0.3, 0.4) is 0 Å². The third kappa shape index (κ3) is 3.74. The number of benzene rings is 1. The average Bonchev–Trinajstić information content (AvgIpc) is 2.38. The van der Waals surface area contributed by atoms with Gasteiger partial charge in [-0.15, -0.1) is 0 Å². The maximum atomic E-state index is 11.4. The summed E-state index contributed by atoms with van der Waals surface area (Å²) in [6, 6.07) is 2.29. The normalized spacial score (nSPS) is 18.5. The molecular weight excluding hydrogens is 318 g/mol. The molecule has 0 amide bonds. The Labute approximate surface area is 126 Å². The first-order chi connectivity index (χ1) is 9.79. The lowest BCUT2D eigenvalue weighted by molar-refractivity contribution is -0.386. The van der Waals surface area contributed by atoms with Crippen LogP contribution in [0.1, 0.15) is 24.8 Å². The van der Waals surface area contributed by atoms with Gasteiger partial charge in [0.1, 0.15) is 6.10 Å². The van der Waals surface area contributed by atoms with Crippen molar-refractivity contribution in [1.82, 2.24) is 0 Å². The van der Waals surface area contributed by atoms with Gasteiger partial charge in [-0.25, -0.2) is 8.42 Å². The number of halogens is 1. The van der Waals surface area contributed by atoms with E-state index < -0.39 is 19.7 Å². The van der Waals surface area contributed by atoms with Crippen molar-refractivity contribution >= 4 is 25.4 Å². The molecule has 1 aliphatic rings. The largest absolute Gasteiger partial charge is 0.479 e. The third-order valence-corrected chi connectivity index (χ3v) is 4.67. The number of hydrogen-bond acceptors (Lipinski definition) is 5. The minimum atomic E-state index is -4.04. The van der Waals surface area contributed by atoms with E-state index in [4.69, 9.17) is 15.4 Å². The molecule has 2 rings (SSSR count). The molecule has 0 saturated carbocycles. The minimum absolute atomic E-state index is 0.0538. The van der Waals surface area contributed by atoms with Gasteiger partial charge < -0.3 is 4.74 Å². The molecule has 114 valence electrons. The van der Waals surface area contributed by atoms with Crippen molar-refractivity contribution in [3.8, 4) is 5.75 Å². The lowest BCUT2D eigenvalue weighted by Crippen LogP contribution is -2.16. The quantitative estimate of drug-likeness (QED) is 0.365. The van der Waals surface area contributed by atoms with E-state index in [9.17, 15) is 18.5 Å². The second-order valence-electron chi connectivity index (χ2n) is 4.80. The van der Waals surface area contributed by atoms with E-state index >= 15 is 0 Å². The van der Waals surface area contributed by atoms with Crippen molar-refractivity contribution < 1.29 is 18.1 Å². The fourth-order valence-electron chi connectivity index (χ4n) is 2.19. The van der Waals surface area contributed by atoms with Gasteiger partial charge in [-0.3, -0.25) is 10.1 Å². The van der Waals surface area contributed by atoms with Crippen LogP contribution in [-0.4, -0.2) is 19.4 Å². The van der Waals surface area contributed by atoms with Crippen LogP contribution in [0.5, 0.6) is 5.75 Å². The number of nitro groups is 1. The summed E-state index contributed by atoms with van der Waals surface area (Å²) >= 11 is 0. The fraction of sp³-hybridized carbons (Fsp3) is 0.385. The van der Waals surface area contributed by atoms with Crippen molar-refractivity contribution in [2.75, 3.05) is 0 Å². The van der Waals surface area contributed by atoms with Crippen molar-refractivity contribution in [3.05, 3.63) is 40.0 Å². The van der Waals surface area contributed by atoms with E-state index in [0.717, 1.165) is 25.3 Å². The van der Waals surface area contributed by atoms with E-state index in [1.54, 1.807) is 0 Å². The molecule has 0 heterocycles. The third-order valence-electron chi connectivity index (χ3n) is 3.20. The smallest absolute Gasteiger partial charge is 0.312 e. The molecule has 0 bridgehead atoms. The van der Waals surface area contributed by atoms with Crippen LogP contribution in [0.25, 0.3) is 0 Å². The van der Waals surface area contributed by atoms with E-state index in [2.05, 4.69) is 0 Å². The number of nitrogens with zero attached hydrogens (tertiary/aromatic N) is 1. The van der Waals surface area contributed by atoms with E-state index in [-0.39, 0.29) is 16.7 Å². The number of rotatable bonds is 4. The predicted octanol–water partition coefficient (Wildman–Crippen LogP) is 3.32. The van der Waals surface area contributed by atoms with E-state index in [1.165, 1.54) is 13.0 Å². The average molecular weight is 332 g/mol. The Balaban J connectivity index is 2.45. The van der Waals surface area contributed by atoms with Gasteiger partial charge in [0.25, 0.3) is 9.05 Å². The van der Waals surface area contributed by atoms with Crippen LogP contribution in [0, 0.1) is 17.0 Å². The Morgan fingerprint density at radius 2 is 2.14 bits per heavy atom. The highest BCUT2D eigenvalue weighted by Crippen LogP contribution is 2.35. The Morgan fingerprint density at radius 1 is 1.43 bits per heavy atom. The number of ether oxygens (including phenoxy) is 1. The zero-order valence-electron chi connectivity index (χ0n) is 11.3. The molecular formula is C13H14ClNO5S. The maximum absolute atomic E-state index is 11.4. The van der Waals surface area contributed by atoms with Crippen LogP contribution in [0.2, 0.25) is 0 Å². The molecule has 1 aliphatic carbocycles. The molecule has 0 radical (unpaired) electrons. The van der Waals surface area contributed by atoms with Gasteiger partial charge in [-0.05, 0) is 43.9 Å². The molecule has 21 heavy (non-hydrogen) atoms. The maximum Gasteiger partial charge on any atom is 0.312 e.